The van der Waals surface area contributed by atoms with Crippen molar-refractivity contribution in [1.82, 2.24) is 4.90 Å². The molecule has 0 amide bonds. The number of nitro groups is 1. The standard InChI is InChI=1S/C15H22N2O3/c1-13-6-7-15(14(12-13)17(18)19)20-11-5-4-10-16-8-2-3-9-16/h6-7,12H,2-5,8-11H2,1H3. The quantitative estimate of drug-likeness (QED) is 0.437. The van der Waals surface area contributed by atoms with Gasteiger partial charge in [0.05, 0.1) is 11.5 Å². The molecule has 0 radical (unpaired) electrons. The van der Waals surface area contributed by atoms with Crippen LogP contribution in [-0.4, -0.2) is 36.1 Å². The van der Waals surface area contributed by atoms with E-state index < -0.39 is 0 Å². The molecule has 0 spiro atoms. The van der Waals surface area contributed by atoms with Crippen LogP contribution in [0.25, 0.3) is 0 Å². The van der Waals surface area contributed by atoms with Gasteiger partial charge in [-0.05, 0) is 63.9 Å². The van der Waals surface area contributed by atoms with Crippen LogP contribution >= 0.6 is 0 Å². The van der Waals surface area contributed by atoms with Gasteiger partial charge in [-0.3, -0.25) is 10.1 Å². The number of rotatable bonds is 7. The third-order valence-corrected chi connectivity index (χ3v) is 3.64. The van der Waals surface area contributed by atoms with E-state index in [-0.39, 0.29) is 10.6 Å². The lowest BCUT2D eigenvalue weighted by atomic mass is 10.2. The number of likely N-dealkylation sites (tertiary alicyclic amines) is 1. The van der Waals surface area contributed by atoms with Crippen LogP contribution in [0.1, 0.15) is 31.2 Å². The van der Waals surface area contributed by atoms with E-state index in [1.807, 2.05) is 13.0 Å². The zero-order valence-electron chi connectivity index (χ0n) is 12.0. The zero-order chi connectivity index (χ0) is 14.4. The summed E-state index contributed by atoms with van der Waals surface area (Å²) in [5.41, 5.74) is 0.933. The smallest absolute Gasteiger partial charge is 0.311 e. The number of hydrogen-bond donors (Lipinski definition) is 0. The summed E-state index contributed by atoms with van der Waals surface area (Å²) in [5.74, 6) is 0.377. The largest absolute Gasteiger partial charge is 0.487 e. The predicted molar refractivity (Wildman–Crippen MR) is 78.2 cm³/mol. The molecule has 1 saturated heterocycles. The van der Waals surface area contributed by atoms with E-state index in [2.05, 4.69) is 4.90 Å². The molecule has 0 aliphatic carbocycles. The Labute approximate surface area is 119 Å². The number of nitrogens with zero attached hydrogens (tertiary/aromatic N) is 2. The lowest BCUT2D eigenvalue weighted by Crippen LogP contribution is -2.20. The van der Waals surface area contributed by atoms with Crippen molar-refractivity contribution >= 4 is 5.69 Å². The topological polar surface area (TPSA) is 55.6 Å². The van der Waals surface area contributed by atoms with E-state index in [9.17, 15) is 10.1 Å². The average molecular weight is 278 g/mol. The molecule has 1 aromatic carbocycles. The Morgan fingerprint density at radius 1 is 1.30 bits per heavy atom. The van der Waals surface area contributed by atoms with Crippen molar-refractivity contribution in [3.05, 3.63) is 33.9 Å². The van der Waals surface area contributed by atoms with Gasteiger partial charge >= 0.3 is 5.69 Å². The molecule has 1 heterocycles. The minimum atomic E-state index is -0.382. The third-order valence-electron chi connectivity index (χ3n) is 3.64. The Morgan fingerprint density at radius 2 is 2.05 bits per heavy atom. The van der Waals surface area contributed by atoms with Crippen molar-refractivity contribution in [1.29, 1.82) is 0 Å². The summed E-state index contributed by atoms with van der Waals surface area (Å²) >= 11 is 0. The zero-order valence-corrected chi connectivity index (χ0v) is 12.0. The van der Waals surface area contributed by atoms with Crippen LogP contribution in [0, 0.1) is 17.0 Å². The second-order valence-corrected chi connectivity index (χ2v) is 5.33. The van der Waals surface area contributed by atoms with E-state index in [0.717, 1.165) is 24.9 Å². The van der Waals surface area contributed by atoms with Crippen molar-refractivity contribution in [2.24, 2.45) is 0 Å². The summed E-state index contributed by atoms with van der Waals surface area (Å²) in [5, 5.41) is 11.0. The van der Waals surface area contributed by atoms with E-state index in [1.54, 1.807) is 12.1 Å². The monoisotopic (exact) mass is 278 g/mol. The molecule has 2 rings (SSSR count). The highest BCUT2D eigenvalue weighted by atomic mass is 16.6. The highest BCUT2D eigenvalue weighted by molar-refractivity contribution is 5.48. The maximum atomic E-state index is 11.0. The molecule has 110 valence electrons. The SMILES string of the molecule is Cc1ccc(OCCCCN2CCCC2)c([N+](=O)[O-])c1. The third kappa shape index (κ3) is 4.20. The maximum absolute atomic E-state index is 11.0. The molecular weight excluding hydrogens is 256 g/mol. The van der Waals surface area contributed by atoms with Crippen LogP contribution in [0.4, 0.5) is 5.69 Å². The first-order chi connectivity index (χ1) is 9.66. The second kappa shape index (κ2) is 7.24. The highest BCUT2D eigenvalue weighted by Crippen LogP contribution is 2.27. The van der Waals surface area contributed by atoms with Crippen LogP contribution in [-0.2, 0) is 0 Å². The first kappa shape index (κ1) is 14.8. The van der Waals surface area contributed by atoms with Gasteiger partial charge in [0.15, 0.2) is 5.75 Å². The lowest BCUT2D eigenvalue weighted by molar-refractivity contribution is -0.385. The number of ether oxygens (including phenoxy) is 1. The maximum Gasteiger partial charge on any atom is 0.311 e. The molecule has 5 nitrogen and oxygen atoms in total. The van der Waals surface area contributed by atoms with Crippen molar-refractivity contribution in [3.8, 4) is 5.75 Å². The Balaban J connectivity index is 1.74. The summed E-state index contributed by atoms with van der Waals surface area (Å²) in [4.78, 5) is 13.0. The van der Waals surface area contributed by atoms with Crippen LogP contribution in [0.3, 0.4) is 0 Å². The van der Waals surface area contributed by atoms with E-state index in [0.29, 0.717) is 12.4 Å². The first-order valence-electron chi connectivity index (χ1n) is 7.27. The molecule has 1 aromatic rings. The summed E-state index contributed by atoms with van der Waals surface area (Å²) in [6, 6.07) is 5.08. The van der Waals surface area contributed by atoms with Crippen LogP contribution in [0.2, 0.25) is 0 Å². The van der Waals surface area contributed by atoms with Crippen molar-refractivity contribution in [3.63, 3.8) is 0 Å². The predicted octanol–water partition coefficient (Wildman–Crippen LogP) is 3.16. The Bertz CT molecular complexity index is 456. The van der Waals surface area contributed by atoms with Crippen molar-refractivity contribution in [2.45, 2.75) is 32.6 Å². The minimum absolute atomic E-state index is 0.0598. The van der Waals surface area contributed by atoms with Gasteiger partial charge in [-0.1, -0.05) is 6.07 Å². The number of unbranched alkanes of at least 4 members (excludes halogenated alkanes) is 1. The number of nitro benzene ring substituents is 1. The van der Waals surface area contributed by atoms with E-state index in [4.69, 9.17) is 4.74 Å². The molecule has 0 unspecified atom stereocenters. The molecule has 0 saturated carbocycles. The van der Waals surface area contributed by atoms with Gasteiger partial charge in [0, 0.05) is 6.07 Å². The molecule has 1 aliphatic heterocycles. The number of hydrogen-bond acceptors (Lipinski definition) is 4. The Morgan fingerprint density at radius 3 is 2.75 bits per heavy atom. The van der Waals surface area contributed by atoms with E-state index >= 15 is 0 Å². The molecule has 0 N–H and O–H groups in total. The van der Waals surface area contributed by atoms with Crippen LogP contribution < -0.4 is 4.74 Å². The van der Waals surface area contributed by atoms with Crippen molar-refractivity contribution in [2.75, 3.05) is 26.2 Å². The Hall–Kier alpha value is -1.62. The van der Waals surface area contributed by atoms with Gasteiger partial charge in [-0.2, -0.15) is 0 Å². The minimum Gasteiger partial charge on any atom is -0.487 e. The Kier molecular flexibility index (Phi) is 5.35. The highest BCUT2D eigenvalue weighted by Gasteiger charge is 2.15. The summed E-state index contributed by atoms with van der Waals surface area (Å²) < 4.78 is 5.56. The summed E-state index contributed by atoms with van der Waals surface area (Å²) in [6.07, 6.45) is 4.64. The number of aryl methyl sites for hydroxylation is 1. The lowest BCUT2D eigenvalue weighted by Gasteiger charge is -2.14. The summed E-state index contributed by atoms with van der Waals surface area (Å²) in [7, 11) is 0. The average Bonchev–Trinajstić information content (AvgIpc) is 2.92. The molecule has 0 atom stereocenters. The van der Waals surface area contributed by atoms with Gasteiger partial charge in [-0.25, -0.2) is 0 Å². The number of benzene rings is 1. The van der Waals surface area contributed by atoms with Gasteiger partial charge in [0.1, 0.15) is 0 Å². The fourth-order valence-corrected chi connectivity index (χ4v) is 2.52. The van der Waals surface area contributed by atoms with Gasteiger partial charge < -0.3 is 9.64 Å². The molecule has 0 aromatic heterocycles. The summed E-state index contributed by atoms with van der Waals surface area (Å²) in [6.45, 7) is 5.92. The van der Waals surface area contributed by atoms with Crippen LogP contribution in [0.5, 0.6) is 5.75 Å². The first-order valence-corrected chi connectivity index (χ1v) is 7.27. The normalized spacial score (nSPS) is 15.4. The molecule has 1 fully saturated rings. The second-order valence-electron chi connectivity index (χ2n) is 5.33. The molecule has 20 heavy (non-hydrogen) atoms. The molecule has 5 heteroatoms. The fraction of sp³-hybridized carbons (Fsp3) is 0.600. The van der Waals surface area contributed by atoms with E-state index in [1.165, 1.54) is 25.9 Å². The fourth-order valence-electron chi connectivity index (χ4n) is 2.52. The van der Waals surface area contributed by atoms with Crippen molar-refractivity contribution < 1.29 is 9.66 Å². The molecule has 1 aliphatic rings. The van der Waals surface area contributed by atoms with Gasteiger partial charge in [0.25, 0.3) is 0 Å². The molecule has 0 bridgehead atoms. The van der Waals surface area contributed by atoms with Gasteiger partial charge in [-0.15, -0.1) is 0 Å². The molecular formula is C15H22N2O3. The van der Waals surface area contributed by atoms with Gasteiger partial charge in [0.2, 0.25) is 0 Å². The van der Waals surface area contributed by atoms with Crippen LogP contribution in [0.15, 0.2) is 18.2 Å².